The average Bonchev–Trinajstić information content (AvgIpc) is 3.34. The summed E-state index contributed by atoms with van der Waals surface area (Å²) in [6.45, 7) is 0. The quantitative estimate of drug-likeness (QED) is 0.450. The van der Waals surface area contributed by atoms with Gasteiger partial charge in [-0.25, -0.2) is 4.79 Å². The SMILES string of the molecule is O=C(O)C(=O)c1cn(C2CCCC2)c2ccc(-c3ccc(C(F)(F)F)cc3)cc12. The molecule has 1 aliphatic rings. The van der Waals surface area contributed by atoms with Gasteiger partial charge in [-0.1, -0.05) is 31.0 Å². The van der Waals surface area contributed by atoms with Gasteiger partial charge in [-0.05, 0) is 48.2 Å². The molecule has 0 aliphatic heterocycles. The van der Waals surface area contributed by atoms with E-state index in [2.05, 4.69) is 0 Å². The van der Waals surface area contributed by atoms with Crippen LogP contribution in [0, 0.1) is 0 Å². The molecule has 3 aromatic rings. The second kappa shape index (κ2) is 7.06. The van der Waals surface area contributed by atoms with Crippen LogP contribution in [0.15, 0.2) is 48.7 Å². The lowest BCUT2D eigenvalue weighted by Crippen LogP contribution is -2.12. The number of alkyl halides is 3. The summed E-state index contributed by atoms with van der Waals surface area (Å²) in [6, 6.07) is 10.2. The highest BCUT2D eigenvalue weighted by Crippen LogP contribution is 2.37. The van der Waals surface area contributed by atoms with Crippen LogP contribution < -0.4 is 0 Å². The number of aliphatic carboxylic acids is 1. The summed E-state index contributed by atoms with van der Waals surface area (Å²) in [5, 5.41) is 9.70. The monoisotopic (exact) mass is 401 g/mol. The van der Waals surface area contributed by atoms with Gasteiger partial charge in [-0.2, -0.15) is 13.2 Å². The number of nitrogens with zero attached hydrogens (tertiary/aromatic N) is 1. The molecule has 0 spiro atoms. The predicted octanol–water partition coefficient (Wildman–Crippen LogP) is 5.71. The molecule has 0 radical (unpaired) electrons. The maximum atomic E-state index is 12.8. The van der Waals surface area contributed by atoms with Crippen molar-refractivity contribution in [3.8, 4) is 11.1 Å². The van der Waals surface area contributed by atoms with E-state index in [-0.39, 0.29) is 11.6 Å². The van der Waals surface area contributed by atoms with Crippen LogP contribution in [0.2, 0.25) is 0 Å². The highest BCUT2D eigenvalue weighted by molar-refractivity contribution is 6.42. The molecule has 0 atom stereocenters. The number of rotatable bonds is 4. The van der Waals surface area contributed by atoms with Crippen LogP contribution >= 0.6 is 0 Å². The minimum Gasteiger partial charge on any atom is -0.475 e. The maximum absolute atomic E-state index is 12.8. The van der Waals surface area contributed by atoms with E-state index < -0.39 is 23.5 Å². The summed E-state index contributed by atoms with van der Waals surface area (Å²) in [6.07, 6.45) is 1.28. The number of carboxylic acids is 1. The van der Waals surface area contributed by atoms with Crippen LogP contribution in [0.3, 0.4) is 0 Å². The molecule has 0 saturated heterocycles. The summed E-state index contributed by atoms with van der Waals surface area (Å²) >= 11 is 0. The fraction of sp³-hybridized carbons (Fsp3) is 0.273. The lowest BCUT2D eigenvalue weighted by Gasteiger charge is -2.13. The molecule has 1 aromatic heterocycles. The number of hydrogen-bond donors (Lipinski definition) is 1. The van der Waals surface area contributed by atoms with Crippen molar-refractivity contribution in [2.75, 3.05) is 0 Å². The fourth-order valence-electron chi connectivity index (χ4n) is 4.07. The van der Waals surface area contributed by atoms with Gasteiger partial charge in [0.05, 0.1) is 11.1 Å². The summed E-state index contributed by atoms with van der Waals surface area (Å²) < 4.78 is 40.4. The standard InChI is InChI=1S/C22H18F3NO3/c23-22(24,25)15-8-5-13(6-9-15)14-7-10-19-17(11-14)18(20(27)21(28)29)12-26(19)16-3-1-2-4-16/h5-12,16H,1-4H2,(H,28,29). The third kappa shape index (κ3) is 3.52. The van der Waals surface area contributed by atoms with E-state index in [0.717, 1.165) is 43.3 Å². The first-order chi connectivity index (χ1) is 13.8. The van der Waals surface area contributed by atoms with Crippen LogP contribution in [0.1, 0.15) is 47.6 Å². The van der Waals surface area contributed by atoms with E-state index in [1.807, 2.05) is 4.57 Å². The number of carbonyl (C=O) groups is 2. The van der Waals surface area contributed by atoms with Gasteiger partial charge >= 0.3 is 12.1 Å². The first-order valence-corrected chi connectivity index (χ1v) is 9.35. The summed E-state index contributed by atoms with van der Waals surface area (Å²) in [5.41, 5.74) is 1.30. The van der Waals surface area contributed by atoms with Crippen LogP contribution in [-0.4, -0.2) is 21.4 Å². The van der Waals surface area contributed by atoms with Crippen molar-refractivity contribution < 1.29 is 27.9 Å². The summed E-state index contributed by atoms with van der Waals surface area (Å²) in [7, 11) is 0. The number of ketones is 1. The number of aromatic nitrogens is 1. The van der Waals surface area contributed by atoms with E-state index in [4.69, 9.17) is 0 Å². The van der Waals surface area contributed by atoms with Crippen molar-refractivity contribution in [3.05, 3.63) is 59.8 Å². The number of benzene rings is 2. The molecule has 1 saturated carbocycles. The number of halogens is 3. The molecule has 1 aliphatic carbocycles. The third-order valence-corrected chi connectivity index (χ3v) is 5.54. The van der Waals surface area contributed by atoms with Gasteiger partial charge in [-0.15, -0.1) is 0 Å². The Morgan fingerprint density at radius 2 is 1.59 bits per heavy atom. The van der Waals surface area contributed by atoms with Gasteiger partial charge in [0.25, 0.3) is 5.78 Å². The molecule has 4 nitrogen and oxygen atoms in total. The highest BCUT2D eigenvalue weighted by atomic mass is 19.4. The zero-order valence-electron chi connectivity index (χ0n) is 15.4. The first-order valence-electron chi connectivity index (χ1n) is 9.35. The van der Waals surface area contributed by atoms with Gasteiger partial charge in [0.1, 0.15) is 0 Å². The average molecular weight is 401 g/mol. The lowest BCUT2D eigenvalue weighted by atomic mass is 10.0. The van der Waals surface area contributed by atoms with E-state index in [1.54, 1.807) is 24.4 Å². The molecular formula is C22H18F3NO3. The third-order valence-electron chi connectivity index (χ3n) is 5.54. The molecule has 4 rings (SSSR count). The second-order valence-corrected chi connectivity index (χ2v) is 7.33. The molecule has 0 bridgehead atoms. The molecule has 150 valence electrons. The van der Waals surface area contributed by atoms with Gasteiger partial charge < -0.3 is 9.67 Å². The highest BCUT2D eigenvalue weighted by Gasteiger charge is 2.30. The van der Waals surface area contributed by atoms with E-state index >= 15 is 0 Å². The molecule has 0 amide bonds. The first kappa shape index (κ1) is 19.2. The molecular weight excluding hydrogens is 383 g/mol. The number of carboxylic acid groups (broad SMARTS) is 1. The maximum Gasteiger partial charge on any atom is 0.416 e. The zero-order chi connectivity index (χ0) is 20.8. The Morgan fingerprint density at radius 3 is 2.17 bits per heavy atom. The zero-order valence-corrected chi connectivity index (χ0v) is 15.4. The van der Waals surface area contributed by atoms with Gasteiger partial charge in [0.15, 0.2) is 0 Å². The van der Waals surface area contributed by atoms with Crippen LogP contribution in [0.5, 0.6) is 0 Å². The van der Waals surface area contributed by atoms with Crippen molar-refractivity contribution in [1.82, 2.24) is 4.57 Å². The molecule has 29 heavy (non-hydrogen) atoms. The predicted molar refractivity (Wildman–Crippen MR) is 102 cm³/mol. The summed E-state index contributed by atoms with van der Waals surface area (Å²) in [5.74, 6) is -2.52. The fourth-order valence-corrected chi connectivity index (χ4v) is 4.07. The largest absolute Gasteiger partial charge is 0.475 e. The van der Waals surface area contributed by atoms with Crippen LogP contribution in [0.4, 0.5) is 13.2 Å². The number of hydrogen-bond acceptors (Lipinski definition) is 2. The van der Waals surface area contributed by atoms with E-state index in [1.165, 1.54) is 12.1 Å². The van der Waals surface area contributed by atoms with Gasteiger partial charge in [0.2, 0.25) is 0 Å². The Kier molecular flexibility index (Phi) is 4.68. The van der Waals surface area contributed by atoms with E-state index in [0.29, 0.717) is 16.5 Å². The number of Topliss-reactive ketones (excluding diaryl/α,β-unsaturated/α-hetero) is 1. The van der Waals surface area contributed by atoms with Crippen molar-refractivity contribution in [3.63, 3.8) is 0 Å². The minimum atomic E-state index is -4.41. The molecule has 1 N–H and O–H groups in total. The minimum absolute atomic E-state index is 0.105. The second-order valence-electron chi connectivity index (χ2n) is 7.33. The Bertz CT molecular complexity index is 1090. The normalized spacial score (nSPS) is 15.1. The Balaban J connectivity index is 1.82. The Morgan fingerprint density at radius 1 is 0.966 bits per heavy atom. The molecule has 1 heterocycles. The van der Waals surface area contributed by atoms with Crippen molar-refractivity contribution in [2.24, 2.45) is 0 Å². The number of fused-ring (bicyclic) bond motifs is 1. The van der Waals surface area contributed by atoms with Gasteiger partial charge in [0, 0.05) is 23.1 Å². The van der Waals surface area contributed by atoms with Crippen molar-refractivity contribution in [1.29, 1.82) is 0 Å². The smallest absolute Gasteiger partial charge is 0.416 e. The number of carbonyl (C=O) groups excluding carboxylic acids is 1. The Hall–Kier alpha value is -3.09. The molecule has 1 fully saturated rings. The lowest BCUT2D eigenvalue weighted by molar-refractivity contribution is -0.137. The topological polar surface area (TPSA) is 59.3 Å². The Labute approximate surface area is 164 Å². The molecule has 0 unspecified atom stereocenters. The van der Waals surface area contributed by atoms with Crippen molar-refractivity contribution >= 4 is 22.7 Å². The molecule has 2 aromatic carbocycles. The van der Waals surface area contributed by atoms with Crippen molar-refractivity contribution in [2.45, 2.75) is 37.9 Å². The van der Waals surface area contributed by atoms with Crippen LogP contribution in [-0.2, 0) is 11.0 Å². The summed E-state index contributed by atoms with van der Waals surface area (Å²) in [4.78, 5) is 23.5. The van der Waals surface area contributed by atoms with E-state index in [9.17, 15) is 27.9 Å². The molecule has 7 heteroatoms. The van der Waals surface area contributed by atoms with Crippen LogP contribution in [0.25, 0.3) is 22.0 Å². The van der Waals surface area contributed by atoms with Gasteiger partial charge in [-0.3, -0.25) is 4.79 Å².